The number of anilines is 1. The minimum absolute atomic E-state index is 0.0150. The van der Waals surface area contributed by atoms with E-state index in [-0.39, 0.29) is 11.8 Å². The summed E-state index contributed by atoms with van der Waals surface area (Å²) in [4.78, 5) is 28.7. The minimum atomic E-state index is -0.935. The summed E-state index contributed by atoms with van der Waals surface area (Å²) in [5.74, 6) is -0.0238. The minimum Gasteiger partial charge on any atom is -0.478 e. The third-order valence-corrected chi connectivity index (χ3v) is 6.14. The number of aromatic nitrogens is 2. The van der Waals surface area contributed by atoms with Crippen LogP contribution in [0.4, 0.5) is 5.69 Å². The zero-order valence-electron chi connectivity index (χ0n) is 20.4. The van der Waals surface area contributed by atoms with E-state index in [9.17, 15) is 14.7 Å². The Morgan fingerprint density at radius 1 is 1.03 bits per heavy atom. The molecule has 0 aliphatic carbocycles. The number of rotatable bonds is 9. The van der Waals surface area contributed by atoms with Crippen molar-refractivity contribution < 1.29 is 14.7 Å². The monoisotopic (exact) mass is 469 g/mol. The highest BCUT2D eigenvalue weighted by Gasteiger charge is 2.15. The number of imidazole rings is 1. The van der Waals surface area contributed by atoms with E-state index in [1.807, 2.05) is 68.4 Å². The predicted molar refractivity (Wildman–Crippen MR) is 140 cm³/mol. The Kier molecular flexibility index (Phi) is 7.30. The van der Waals surface area contributed by atoms with Gasteiger partial charge in [-0.2, -0.15) is 0 Å². The Labute approximate surface area is 205 Å². The van der Waals surface area contributed by atoms with Crippen LogP contribution in [-0.4, -0.2) is 26.5 Å². The predicted octanol–water partition coefficient (Wildman–Crippen LogP) is 6.39. The summed E-state index contributed by atoms with van der Waals surface area (Å²) in [6, 6.07) is 20.9. The van der Waals surface area contributed by atoms with Gasteiger partial charge in [0.15, 0.2) is 0 Å². The Balaban J connectivity index is 1.67. The molecule has 6 nitrogen and oxygen atoms in total. The number of hydrogen-bond acceptors (Lipinski definition) is 3. The van der Waals surface area contributed by atoms with E-state index >= 15 is 0 Å². The number of aromatic carboxylic acids is 1. The lowest BCUT2D eigenvalue weighted by molar-refractivity contribution is -0.118. The second-order valence-corrected chi connectivity index (χ2v) is 9.11. The molecule has 0 radical (unpaired) electrons. The van der Waals surface area contributed by atoms with Gasteiger partial charge in [0.2, 0.25) is 5.91 Å². The van der Waals surface area contributed by atoms with E-state index < -0.39 is 5.97 Å². The number of unbranched alkanes of at least 4 members (excludes halogenated alkanes) is 1. The average molecular weight is 470 g/mol. The molecule has 0 fully saturated rings. The summed E-state index contributed by atoms with van der Waals surface area (Å²) in [7, 11) is 0. The lowest BCUT2D eigenvalue weighted by Gasteiger charge is -2.12. The molecule has 1 heterocycles. The maximum Gasteiger partial charge on any atom is 0.336 e. The zero-order valence-corrected chi connectivity index (χ0v) is 20.4. The molecule has 0 saturated heterocycles. The number of amides is 1. The number of nitrogens with zero attached hydrogens (tertiary/aromatic N) is 2. The van der Waals surface area contributed by atoms with Gasteiger partial charge in [-0.15, -0.1) is 0 Å². The number of carbonyl (C=O) groups excluding carboxylic acids is 1. The first kappa shape index (κ1) is 24.2. The summed E-state index contributed by atoms with van der Waals surface area (Å²) in [5, 5.41) is 12.5. The van der Waals surface area contributed by atoms with Crippen molar-refractivity contribution in [1.82, 2.24) is 9.55 Å². The Morgan fingerprint density at radius 3 is 2.46 bits per heavy atom. The molecule has 1 amide bonds. The van der Waals surface area contributed by atoms with Crippen molar-refractivity contribution in [3.63, 3.8) is 0 Å². The topological polar surface area (TPSA) is 84.2 Å². The van der Waals surface area contributed by atoms with E-state index in [2.05, 4.69) is 16.8 Å². The van der Waals surface area contributed by atoms with Gasteiger partial charge < -0.3 is 15.0 Å². The van der Waals surface area contributed by atoms with Gasteiger partial charge in [0.1, 0.15) is 5.82 Å². The van der Waals surface area contributed by atoms with Crippen molar-refractivity contribution in [2.24, 2.45) is 5.92 Å². The fourth-order valence-electron chi connectivity index (χ4n) is 4.13. The largest absolute Gasteiger partial charge is 0.478 e. The molecule has 4 aromatic rings. The van der Waals surface area contributed by atoms with E-state index in [4.69, 9.17) is 4.98 Å². The number of carboxylic acid groups (broad SMARTS) is 1. The van der Waals surface area contributed by atoms with Gasteiger partial charge in [-0.1, -0.05) is 69.7 Å². The first-order chi connectivity index (χ1) is 16.9. The van der Waals surface area contributed by atoms with Crippen LogP contribution in [0.2, 0.25) is 0 Å². The van der Waals surface area contributed by atoms with Gasteiger partial charge in [-0.3, -0.25) is 4.79 Å². The quantitative estimate of drug-likeness (QED) is 0.298. The van der Waals surface area contributed by atoms with Crippen LogP contribution in [0.1, 0.15) is 55.4 Å². The molecule has 4 rings (SSSR count). The summed E-state index contributed by atoms with van der Waals surface area (Å²) < 4.78 is 2.22. The van der Waals surface area contributed by atoms with Gasteiger partial charge >= 0.3 is 5.97 Å². The molecule has 1 aromatic heterocycles. The average Bonchev–Trinajstić information content (AvgIpc) is 3.19. The highest BCUT2D eigenvalue weighted by atomic mass is 16.4. The van der Waals surface area contributed by atoms with Crippen molar-refractivity contribution in [3.05, 3.63) is 83.7 Å². The van der Waals surface area contributed by atoms with Crippen LogP contribution in [0.5, 0.6) is 0 Å². The summed E-state index contributed by atoms with van der Waals surface area (Å²) in [6.07, 6.45) is 3.00. The smallest absolute Gasteiger partial charge is 0.336 e. The van der Waals surface area contributed by atoms with Gasteiger partial charge in [0, 0.05) is 24.6 Å². The van der Waals surface area contributed by atoms with Crippen LogP contribution in [-0.2, 0) is 17.8 Å². The molecule has 0 bridgehead atoms. The molecule has 35 heavy (non-hydrogen) atoms. The number of aryl methyl sites for hydroxylation is 1. The van der Waals surface area contributed by atoms with Crippen molar-refractivity contribution in [3.8, 4) is 11.1 Å². The molecule has 0 spiro atoms. The van der Waals surface area contributed by atoms with Crippen LogP contribution < -0.4 is 5.32 Å². The van der Waals surface area contributed by atoms with Crippen molar-refractivity contribution in [1.29, 1.82) is 0 Å². The van der Waals surface area contributed by atoms with Crippen LogP contribution >= 0.6 is 0 Å². The lowest BCUT2D eigenvalue weighted by Crippen LogP contribution is -2.17. The van der Waals surface area contributed by atoms with Gasteiger partial charge in [-0.25, -0.2) is 9.78 Å². The molecular formula is C29H31N3O3. The van der Waals surface area contributed by atoms with Gasteiger partial charge in [-0.05, 0) is 47.4 Å². The Hall–Kier alpha value is -3.93. The van der Waals surface area contributed by atoms with E-state index in [0.29, 0.717) is 17.7 Å². The molecule has 0 aliphatic heterocycles. The maximum absolute atomic E-state index is 12.2. The normalized spacial score (nSPS) is 11.2. The van der Waals surface area contributed by atoms with Crippen molar-refractivity contribution in [2.75, 3.05) is 5.32 Å². The second kappa shape index (κ2) is 10.6. The fourth-order valence-corrected chi connectivity index (χ4v) is 4.13. The first-order valence-electron chi connectivity index (χ1n) is 12.1. The standard InChI is InChI=1S/C29H31N3O3/c1-4-5-10-27-31-25-16-15-22(30-28(33)19(2)3)17-26(25)32(27)18-20-11-13-21(14-12-20)23-8-6-7-9-24(23)29(34)35/h6-9,11-17,19H,4-5,10,18H2,1-3H3,(H,30,33)(H,34,35). The molecular weight excluding hydrogens is 438 g/mol. The van der Waals surface area contributed by atoms with Crippen LogP contribution in [0.15, 0.2) is 66.7 Å². The lowest BCUT2D eigenvalue weighted by atomic mass is 9.99. The number of carboxylic acids is 1. The third kappa shape index (κ3) is 5.43. The number of fused-ring (bicyclic) bond motifs is 1. The summed E-state index contributed by atoms with van der Waals surface area (Å²) in [6.45, 7) is 6.55. The van der Waals surface area contributed by atoms with Crippen LogP contribution in [0.3, 0.4) is 0 Å². The molecule has 0 atom stereocenters. The number of benzene rings is 3. The molecule has 0 aliphatic rings. The van der Waals surface area contributed by atoms with Gasteiger partial charge in [0.25, 0.3) is 0 Å². The van der Waals surface area contributed by atoms with E-state index in [1.165, 1.54) is 0 Å². The molecule has 2 N–H and O–H groups in total. The fraction of sp³-hybridized carbons (Fsp3) is 0.276. The number of carbonyl (C=O) groups is 2. The first-order valence-corrected chi connectivity index (χ1v) is 12.1. The molecule has 0 unspecified atom stereocenters. The number of nitrogens with one attached hydrogen (secondary N) is 1. The summed E-state index contributed by atoms with van der Waals surface area (Å²) in [5.41, 5.74) is 5.61. The van der Waals surface area contributed by atoms with Crippen molar-refractivity contribution >= 4 is 28.6 Å². The van der Waals surface area contributed by atoms with Crippen LogP contribution in [0.25, 0.3) is 22.2 Å². The van der Waals surface area contributed by atoms with Crippen molar-refractivity contribution in [2.45, 2.75) is 46.6 Å². The number of hydrogen-bond donors (Lipinski definition) is 2. The van der Waals surface area contributed by atoms with E-state index in [0.717, 1.165) is 52.9 Å². The molecule has 180 valence electrons. The molecule has 0 saturated carbocycles. The Bertz CT molecular complexity index is 1350. The highest BCUT2D eigenvalue weighted by molar-refractivity contribution is 5.96. The third-order valence-electron chi connectivity index (χ3n) is 6.14. The Morgan fingerprint density at radius 2 is 1.77 bits per heavy atom. The van der Waals surface area contributed by atoms with E-state index in [1.54, 1.807) is 12.1 Å². The summed E-state index contributed by atoms with van der Waals surface area (Å²) >= 11 is 0. The SMILES string of the molecule is CCCCc1nc2ccc(NC(=O)C(C)C)cc2n1Cc1ccc(-c2ccccc2C(=O)O)cc1. The molecule has 3 aromatic carbocycles. The van der Waals surface area contributed by atoms with Gasteiger partial charge in [0.05, 0.1) is 16.6 Å². The highest BCUT2D eigenvalue weighted by Crippen LogP contribution is 2.26. The zero-order chi connectivity index (χ0) is 24.9. The second-order valence-electron chi connectivity index (χ2n) is 9.11. The maximum atomic E-state index is 12.2. The molecule has 6 heteroatoms. The van der Waals surface area contributed by atoms with Crippen LogP contribution in [0, 0.1) is 5.92 Å².